The SMILES string of the molecule is CC(C)(C(=O)NC1[C@@H]2CC3C[C@H]1CC(C(N)=O)(C3)C2)c1ccc(F)cn1. The fourth-order valence-electron chi connectivity index (χ4n) is 5.76. The summed E-state index contributed by atoms with van der Waals surface area (Å²) in [5, 5.41) is 3.25. The summed E-state index contributed by atoms with van der Waals surface area (Å²) in [6, 6.07) is 2.98. The zero-order chi connectivity index (χ0) is 18.7. The summed E-state index contributed by atoms with van der Waals surface area (Å²) in [6.45, 7) is 3.62. The summed E-state index contributed by atoms with van der Waals surface area (Å²) in [7, 11) is 0. The van der Waals surface area contributed by atoms with Crippen LogP contribution in [0.2, 0.25) is 0 Å². The Bertz CT molecular complexity index is 730. The van der Waals surface area contributed by atoms with Crippen molar-refractivity contribution in [2.24, 2.45) is 28.9 Å². The van der Waals surface area contributed by atoms with E-state index in [-0.39, 0.29) is 23.3 Å². The molecule has 5 nitrogen and oxygen atoms in total. The van der Waals surface area contributed by atoms with Crippen LogP contribution >= 0.6 is 0 Å². The molecule has 4 fully saturated rings. The molecule has 3 unspecified atom stereocenters. The van der Waals surface area contributed by atoms with Crippen LogP contribution in [-0.2, 0) is 15.0 Å². The van der Waals surface area contributed by atoms with Crippen LogP contribution in [0.15, 0.2) is 18.3 Å². The van der Waals surface area contributed by atoms with E-state index in [4.69, 9.17) is 5.73 Å². The second kappa shape index (κ2) is 5.76. The lowest BCUT2D eigenvalue weighted by atomic mass is 9.47. The molecule has 140 valence electrons. The Hall–Kier alpha value is -1.98. The van der Waals surface area contributed by atoms with Gasteiger partial charge in [-0.05, 0) is 75.8 Å². The molecule has 5 atom stereocenters. The minimum Gasteiger partial charge on any atom is -0.369 e. The molecule has 5 rings (SSSR count). The fourth-order valence-corrected chi connectivity index (χ4v) is 5.76. The number of nitrogens with one attached hydrogen (secondary N) is 1. The number of rotatable bonds is 4. The molecule has 1 aromatic rings. The summed E-state index contributed by atoms with van der Waals surface area (Å²) < 4.78 is 13.1. The zero-order valence-electron chi connectivity index (χ0n) is 15.3. The van der Waals surface area contributed by atoms with E-state index in [2.05, 4.69) is 10.3 Å². The predicted molar refractivity (Wildman–Crippen MR) is 94.3 cm³/mol. The maximum absolute atomic E-state index is 13.1. The molecule has 0 aliphatic heterocycles. The lowest BCUT2D eigenvalue weighted by molar-refractivity contribution is -0.148. The van der Waals surface area contributed by atoms with Gasteiger partial charge in [0.1, 0.15) is 5.82 Å². The highest BCUT2D eigenvalue weighted by atomic mass is 19.1. The Balaban J connectivity index is 1.52. The van der Waals surface area contributed by atoms with Crippen molar-refractivity contribution in [3.8, 4) is 0 Å². The van der Waals surface area contributed by atoms with Gasteiger partial charge in [-0.2, -0.15) is 0 Å². The number of primary amides is 1. The second-order valence-electron chi connectivity index (χ2n) is 9.10. The van der Waals surface area contributed by atoms with E-state index in [0.29, 0.717) is 23.4 Å². The van der Waals surface area contributed by atoms with Gasteiger partial charge in [0.2, 0.25) is 11.8 Å². The molecule has 26 heavy (non-hydrogen) atoms. The van der Waals surface area contributed by atoms with Crippen molar-refractivity contribution in [3.63, 3.8) is 0 Å². The van der Waals surface area contributed by atoms with E-state index in [1.165, 1.54) is 6.07 Å². The van der Waals surface area contributed by atoms with Crippen LogP contribution in [0, 0.1) is 29.0 Å². The van der Waals surface area contributed by atoms with E-state index in [1.54, 1.807) is 6.07 Å². The molecule has 0 saturated heterocycles. The van der Waals surface area contributed by atoms with Crippen LogP contribution in [0.5, 0.6) is 0 Å². The molecule has 1 aromatic heterocycles. The third kappa shape index (κ3) is 2.61. The smallest absolute Gasteiger partial charge is 0.231 e. The Morgan fingerprint density at radius 2 is 1.88 bits per heavy atom. The van der Waals surface area contributed by atoms with Crippen molar-refractivity contribution in [2.45, 2.75) is 57.4 Å². The minimum atomic E-state index is -0.844. The van der Waals surface area contributed by atoms with Gasteiger partial charge in [-0.15, -0.1) is 0 Å². The first-order valence-electron chi connectivity index (χ1n) is 9.44. The highest BCUT2D eigenvalue weighted by Crippen LogP contribution is 2.60. The minimum absolute atomic E-state index is 0.0891. The molecule has 0 spiro atoms. The van der Waals surface area contributed by atoms with Gasteiger partial charge in [0, 0.05) is 11.5 Å². The monoisotopic (exact) mass is 359 g/mol. The van der Waals surface area contributed by atoms with Crippen LogP contribution in [0.3, 0.4) is 0 Å². The molecule has 3 N–H and O–H groups in total. The third-order valence-electron chi connectivity index (χ3n) is 7.03. The summed E-state index contributed by atoms with van der Waals surface area (Å²) in [5.41, 5.74) is 5.08. The highest BCUT2D eigenvalue weighted by molar-refractivity contribution is 5.87. The summed E-state index contributed by atoms with van der Waals surface area (Å²) in [6.07, 6.45) is 5.76. The number of carbonyl (C=O) groups is 2. The first-order chi connectivity index (χ1) is 12.2. The number of halogens is 1. The van der Waals surface area contributed by atoms with Crippen molar-refractivity contribution in [3.05, 3.63) is 29.8 Å². The largest absolute Gasteiger partial charge is 0.369 e. The van der Waals surface area contributed by atoms with Crippen molar-refractivity contribution < 1.29 is 14.0 Å². The maximum atomic E-state index is 13.1. The van der Waals surface area contributed by atoms with Gasteiger partial charge < -0.3 is 11.1 Å². The maximum Gasteiger partial charge on any atom is 0.231 e. The predicted octanol–water partition coefficient (Wildman–Crippen LogP) is 2.29. The molecule has 4 saturated carbocycles. The fraction of sp³-hybridized carbons (Fsp3) is 0.650. The average molecular weight is 359 g/mol. The van der Waals surface area contributed by atoms with Crippen LogP contribution in [0.25, 0.3) is 0 Å². The topological polar surface area (TPSA) is 85.1 Å². The molecule has 4 bridgehead atoms. The molecule has 0 radical (unpaired) electrons. The molecular weight excluding hydrogens is 333 g/mol. The highest BCUT2D eigenvalue weighted by Gasteiger charge is 2.58. The standard InChI is InChI=1S/C20H26FN3O2/c1-19(2,15-4-3-14(21)10-23-15)18(26)24-16-12-5-11-6-13(16)9-20(7-11,8-12)17(22)25/h3-4,10-13,16H,5-9H2,1-2H3,(H2,22,25)(H,24,26)/t11?,12-,13+,16?,20?. The molecule has 4 aliphatic rings. The molecule has 6 heteroatoms. The quantitative estimate of drug-likeness (QED) is 0.865. The van der Waals surface area contributed by atoms with Gasteiger partial charge in [0.25, 0.3) is 0 Å². The molecular formula is C20H26FN3O2. The summed E-state index contributed by atoms with van der Waals surface area (Å²) in [5.74, 6) is 0.506. The second-order valence-corrected chi connectivity index (χ2v) is 9.10. The molecule has 4 aliphatic carbocycles. The molecule has 2 amide bonds. The lowest BCUT2D eigenvalue weighted by Crippen LogP contribution is -2.63. The van der Waals surface area contributed by atoms with Crippen LogP contribution in [-0.4, -0.2) is 22.8 Å². The average Bonchev–Trinajstić information content (AvgIpc) is 2.57. The van der Waals surface area contributed by atoms with Gasteiger partial charge in [-0.1, -0.05) is 0 Å². The van der Waals surface area contributed by atoms with E-state index in [0.717, 1.165) is 38.3 Å². The van der Waals surface area contributed by atoms with E-state index in [9.17, 15) is 14.0 Å². The number of aromatic nitrogens is 1. The van der Waals surface area contributed by atoms with Crippen molar-refractivity contribution >= 4 is 11.8 Å². The third-order valence-corrected chi connectivity index (χ3v) is 7.03. The zero-order valence-corrected chi connectivity index (χ0v) is 15.3. The van der Waals surface area contributed by atoms with E-state index < -0.39 is 11.2 Å². The number of nitrogens with two attached hydrogens (primary N) is 1. The van der Waals surface area contributed by atoms with Crippen LogP contribution in [0.4, 0.5) is 4.39 Å². The van der Waals surface area contributed by atoms with Crippen LogP contribution < -0.4 is 11.1 Å². The number of hydrogen-bond donors (Lipinski definition) is 2. The number of pyridine rings is 1. The molecule has 0 aromatic carbocycles. The Morgan fingerprint density at radius 3 is 2.42 bits per heavy atom. The lowest BCUT2D eigenvalue weighted by Gasteiger charge is -2.59. The first kappa shape index (κ1) is 17.4. The number of amides is 2. The molecule has 1 heterocycles. The van der Waals surface area contributed by atoms with Gasteiger partial charge in [-0.25, -0.2) is 4.39 Å². The van der Waals surface area contributed by atoms with Crippen molar-refractivity contribution in [1.29, 1.82) is 0 Å². The Morgan fingerprint density at radius 1 is 1.23 bits per heavy atom. The van der Waals surface area contributed by atoms with E-state index >= 15 is 0 Å². The van der Waals surface area contributed by atoms with Gasteiger partial charge in [0.05, 0.1) is 17.3 Å². The van der Waals surface area contributed by atoms with Gasteiger partial charge in [-0.3, -0.25) is 14.6 Å². The first-order valence-corrected chi connectivity index (χ1v) is 9.44. The van der Waals surface area contributed by atoms with Gasteiger partial charge >= 0.3 is 0 Å². The summed E-state index contributed by atoms with van der Waals surface area (Å²) in [4.78, 5) is 29.2. The van der Waals surface area contributed by atoms with Gasteiger partial charge in [0.15, 0.2) is 0 Å². The summed E-state index contributed by atoms with van der Waals surface area (Å²) >= 11 is 0. The Labute approximate surface area is 152 Å². The van der Waals surface area contributed by atoms with E-state index in [1.807, 2.05) is 13.8 Å². The normalized spacial score (nSPS) is 35.3. The number of carbonyl (C=O) groups excluding carboxylic acids is 2. The van der Waals surface area contributed by atoms with Crippen LogP contribution in [0.1, 0.15) is 51.6 Å². The van der Waals surface area contributed by atoms with Crippen molar-refractivity contribution in [2.75, 3.05) is 0 Å². The number of hydrogen-bond acceptors (Lipinski definition) is 3. The number of nitrogens with zero attached hydrogens (tertiary/aromatic N) is 1. The van der Waals surface area contributed by atoms with Crippen molar-refractivity contribution in [1.82, 2.24) is 10.3 Å². The Kier molecular flexibility index (Phi) is 3.86.